The molecule has 1 saturated heterocycles. The van der Waals surface area contributed by atoms with Crippen molar-refractivity contribution in [3.8, 4) is 5.75 Å². The van der Waals surface area contributed by atoms with E-state index in [9.17, 15) is 13.2 Å². The molecule has 2 aromatic rings. The Labute approximate surface area is 151 Å². The number of benzene rings is 2. The number of hydrogen-bond donors (Lipinski definition) is 1. The quantitative estimate of drug-likeness (QED) is 0.864. The minimum absolute atomic E-state index is 0.0894. The van der Waals surface area contributed by atoms with Crippen LogP contribution in [0.25, 0.3) is 0 Å². The summed E-state index contributed by atoms with van der Waals surface area (Å²) in [4.78, 5) is 14.1. The van der Waals surface area contributed by atoms with Gasteiger partial charge in [-0.3, -0.25) is 4.79 Å². The maximum Gasteiger partial charge on any atom is 0.245 e. The predicted molar refractivity (Wildman–Crippen MR) is 95.5 cm³/mol. The molecule has 8 heteroatoms. The van der Waals surface area contributed by atoms with Gasteiger partial charge in [0.2, 0.25) is 15.9 Å². The summed E-state index contributed by atoms with van der Waals surface area (Å²) in [5, 5.41) is 0.268. The van der Waals surface area contributed by atoms with Gasteiger partial charge in [-0.05, 0) is 36.8 Å². The molecule has 0 aliphatic carbocycles. The average molecular weight is 381 g/mol. The van der Waals surface area contributed by atoms with Crippen LogP contribution >= 0.6 is 11.6 Å². The van der Waals surface area contributed by atoms with Gasteiger partial charge in [0.15, 0.2) is 0 Å². The van der Waals surface area contributed by atoms with Crippen LogP contribution in [0.5, 0.6) is 5.75 Å². The highest BCUT2D eigenvalue weighted by Gasteiger charge is 2.36. The number of carbonyl (C=O) groups is 1. The molecule has 0 saturated carbocycles. The Morgan fingerprint density at radius 1 is 1.20 bits per heavy atom. The molecule has 2 aromatic carbocycles. The van der Waals surface area contributed by atoms with Gasteiger partial charge in [0.1, 0.15) is 16.7 Å². The summed E-state index contributed by atoms with van der Waals surface area (Å²) in [7, 11) is -2.58. The summed E-state index contributed by atoms with van der Waals surface area (Å²) >= 11 is 5.91. The summed E-state index contributed by atoms with van der Waals surface area (Å²) in [5.74, 6) is -0.113. The lowest BCUT2D eigenvalue weighted by molar-refractivity contribution is -0.118. The number of amides is 1. The smallest absolute Gasteiger partial charge is 0.245 e. The average Bonchev–Trinajstić information content (AvgIpc) is 2.96. The highest BCUT2D eigenvalue weighted by Crippen LogP contribution is 2.28. The van der Waals surface area contributed by atoms with Crippen LogP contribution in [0.2, 0.25) is 5.02 Å². The summed E-state index contributed by atoms with van der Waals surface area (Å²) in [6, 6.07) is 12.6. The van der Waals surface area contributed by atoms with Gasteiger partial charge in [0.05, 0.1) is 7.11 Å². The fourth-order valence-electron chi connectivity index (χ4n) is 2.76. The zero-order valence-corrected chi connectivity index (χ0v) is 15.0. The van der Waals surface area contributed by atoms with E-state index in [1.807, 2.05) is 30.3 Å². The second-order valence-electron chi connectivity index (χ2n) is 5.58. The van der Waals surface area contributed by atoms with Crippen LogP contribution < -0.4 is 14.4 Å². The Balaban J connectivity index is 1.83. The van der Waals surface area contributed by atoms with Crippen molar-refractivity contribution in [3.05, 3.63) is 53.6 Å². The van der Waals surface area contributed by atoms with E-state index in [2.05, 4.69) is 4.72 Å². The first kappa shape index (κ1) is 17.7. The van der Waals surface area contributed by atoms with Gasteiger partial charge in [-0.25, -0.2) is 8.42 Å². The normalized spacial score (nSPS) is 17.8. The first-order chi connectivity index (χ1) is 11.9. The number of sulfonamides is 1. The topological polar surface area (TPSA) is 75.7 Å². The van der Waals surface area contributed by atoms with Crippen molar-refractivity contribution in [1.82, 2.24) is 4.72 Å². The third kappa shape index (κ3) is 3.63. The van der Waals surface area contributed by atoms with Crippen molar-refractivity contribution >= 4 is 33.2 Å². The van der Waals surface area contributed by atoms with Crippen LogP contribution in [-0.2, 0) is 14.8 Å². The van der Waals surface area contributed by atoms with E-state index in [1.165, 1.54) is 25.3 Å². The molecule has 0 aromatic heterocycles. The van der Waals surface area contributed by atoms with Crippen molar-refractivity contribution in [2.45, 2.75) is 17.4 Å². The van der Waals surface area contributed by atoms with Crippen LogP contribution in [0.4, 0.5) is 5.69 Å². The summed E-state index contributed by atoms with van der Waals surface area (Å²) in [6.45, 7) is 0.447. The molecule has 1 aliphatic heterocycles. The number of methoxy groups -OCH3 is 1. The molecule has 0 unspecified atom stereocenters. The number of anilines is 1. The number of rotatable bonds is 5. The molecule has 0 bridgehead atoms. The second kappa shape index (κ2) is 7.03. The van der Waals surface area contributed by atoms with E-state index < -0.39 is 16.1 Å². The molecule has 1 N–H and O–H groups in total. The first-order valence-electron chi connectivity index (χ1n) is 7.64. The second-order valence-corrected chi connectivity index (χ2v) is 7.70. The monoisotopic (exact) mass is 380 g/mol. The Morgan fingerprint density at radius 2 is 1.92 bits per heavy atom. The molecule has 0 spiro atoms. The molecule has 6 nitrogen and oxygen atoms in total. The van der Waals surface area contributed by atoms with Crippen LogP contribution in [-0.4, -0.2) is 34.0 Å². The highest BCUT2D eigenvalue weighted by molar-refractivity contribution is 7.89. The largest absolute Gasteiger partial charge is 0.495 e. The minimum atomic E-state index is -3.95. The van der Waals surface area contributed by atoms with Crippen molar-refractivity contribution in [2.75, 3.05) is 18.6 Å². The van der Waals surface area contributed by atoms with Gasteiger partial charge in [-0.1, -0.05) is 29.8 Å². The fraction of sp³-hybridized carbons (Fsp3) is 0.235. The van der Waals surface area contributed by atoms with Crippen LogP contribution in [0.3, 0.4) is 0 Å². The van der Waals surface area contributed by atoms with Crippen molar-refractivity contribution in [1.29, 1.82) is 0 Å². The molecular formula is C17H17ClN2O4S. The molecule has 0 radical (unpaired) electrons. The molecule has 1 heterocycles. The Kier molecular flexibility index (Phi) is 4.99. The van der Waals surface area contributed by atoms with Gasteiger partial charge in [-0.2, -0.15) is 4.72 Å². The third-order valence-electron chi connectivity index (χ3n) is 3.99. The highest BCUT2D eigenvalue weighted by atomic mass is 35.5. The maximum atomic E-state index is 12.7. The van der Waals surface area contributed by atoms with E-state index in [4.69, 9.17) is 16.3 Å². The zero-order chi connectivity index (χ0) is 18.0. The van der Waals surface area contributed by atoms with E-state index in [0.717, 1.165) is 5.69 Å². The number of nitrogens with one attached hydrogen (secondary N) is 1. The Morgan fingerprint density at radius 3 is 2.60 bits per heavy atom. The molecule has 1 fully saturated rings. The number of carbonyl (C=O) groups excluding carboxylic acids is 1. The van der Waals surface area contributed by atoms with Gasteiger partial charge >= 0.3 is 0 Å². The molecule has 3 rings (SSSR count). The van der Waals surface area contributed by atoms with Crippen molar-refractivity contribution < 1.29 is 17.9 Å². The number of nitrogens with zero attached hydrogens (tertiary/aromatic N) is 1. The lowest BCUT2D eigenvalue weighted by Crippen LogP contribution is -2.41. The molecule has 1 amide bonds. The SMILES string of the molecule is COc1ccc(Cl)cc1S(=O)(=O)N[C@H]1CCN(c2ccccc2)C1=O. The number of hydrogen-bond acceptors (Lipinski definition) is 4. The van der Waals surface area contributed by atoms with Crippen molar-refractivity contribution in [3.63, 3.8) is 0 Å². The van der Waals surface area contributed by atoms with Crippen LogP contribution in [0.15, 0.2) is 53.4 Å². The van der Waals surface area contributed by atoms with E-state index >= 15 is 0 Å². The molecule has 132 valence electrons. The van der Waals surface area contributed by atoms with Crippen LogP contribution in [0.1, 0.15) is 6.42 Å². The summed E-state index contributed by atoms with van der Waals surface area (Å²) in [5.41, 5.74) is 0.745. The van der Waals surface area contributed by atoms with Gasteiger partial charge < -0.3 is 9.64 Å². The first-order valence-corrected chi connectivity index (χ1v) is 9.51. The number of para-hydroxylation sites is 1. The molecule has 1 aliphatic rings. The summed E-state index contributed by atoms with van der Waals surface area (Å²) < 4.78 is 32.9. The number of halogens is 1. The standard InChI is InChI=1S/C17H17ClN2O4S/c1-24-15-8-7-12(18)11-16(15)25(22,23)19-14-9-10-20(17(14)21)13-5-3-2-4-6-13/h2-8,11,14,19H,9-10H2,1H3/t14-/m0/s1. The zero-order valence-electron chi connectivity index (χ0n) is 13.5. The fourth-order valence-corrected chi connectivity index (χ4v) is 4.42. The van der Waals surface area contributed by atoms with Gasteiger partial charge in [-0.15, -0.1) is 0 Å². The van der Waals surface area contributed by atoms with E-state index in [0.29, 0.717) is 13.0 Å². The summed E-state index contributed by atoms with van der Waals surface area (Å²) in [6.07, 6.45) is 0.385. The van der Waals surface area contributed by atoms with E-state index in [1.54, 1.807) is 4.90 Å². The third-order valence-corrected chi connectivity index (χ3v) is 5.71. The lowest BCUT2D eigenvalue weighted by atomic mass is 10.3. The number of ether oxygens (including phenoxy) is 1. The minimum Gasteiger partial charge on any atom is -0.495 e. The van der Waals surface area contributed by atoms with Gasteiger partial charge in [0.25, 0.3) is 0 Å². The molecule has 1 atom stereocenters. The van der Waals surface area contributed by atoms with Crippen LogP contribution in [0, 0.1) is 0 Å². The molecule has 25 heavy (non-hydrogen) atoms. The maximum absolute atomic E-state index is 12.7. The van der Waals surface area contributed by atoms with E-state index in [-0.39, 0.29) is 21.6 Å². The Bertz CT molecular complexity index is 887. The lowest BCUT2D eigenvalue weighted by Gasteiger charge is -2.17. The van der Waals surface area contributed by atoms with Crippen molar-refractivity contribution in [2.24, 2.45) is 0 Å². The van der Waals surface area contributed by atoms with Gasteiger partial charge in [0, 0.05) is 17.3 Å². The Hall–Kier alpha value is -2.09. The molecular weight excluding hydrogens is 364 g/mol. The predicted octanol–water partition coefficient (Wildman–Crippen LogP) is 2.43.